The Morgan fingerprint density at radius 1 is 1.28 bits per heavy atom. The van der Waals surface area contributed by atoms with Gasteiger partial charge in [-0.15, -0.1) is 0 Å². The average Bonchev–Trinajstić information content (AvgIpc) is 2.33. The molecule has 0 aliphatic carbocycles. The SMILES string of the molecule is CC(C)CCOCCOc1cccc(Cl)c1C#N. The van der Waals surface area contributed by atoms with Crippen LogP contribution in [-0.2, 0) is 4.74 Å². The van der Waals surface area contributed by atoms with Gasteiger partial charge < -0.3 is 9.47 Å². The fourth-order valence-corrected chi connectivity index (χ4v) is 1.57. The Balaban J connectivity index is 2.32. The molecule has 0 fully saturated rings. The van der Waals surface area contributed by atoms with Crippen LogP contribution in [0, 0.1) is 17.2 Å². The second-order valence-corrected chi connectivity index (χ2v) is 4.78. The molecule has 0 unspecified atom stereocenters. The zero-order valence-electron chi connectivity index (χ0n) is 10.8. The van der Waals surface area contributed by atoms with Crippen molar-refractivity contribution >= 4 is 11.6 Å². The summed E-state index contributed by atoms with van der Waals surface area (Å²) in [6.07, 6.45) is 1.04. The summed E-state index contributed by atoms with van der Waals surface area (Å²) in [7, 11) is 0. The van der Waals surface area contributed by atoms with E-state index in [0.717, 1.165) is 13.0 Å². The summed E-state index contributed by atoms with van der Waals surface area (Å²) >= 11 is 5.89. The van der Waals surface area contributed by atoms with Crippen molar-refractivity contribution in [1.82, 2.24) is 0 Å². The van der Waals surface area contributed by atoms with E-state index in [4.69, 9.17) is 26.3 Å². The molecule has 0 saturated heterocycles. The molecule has 0 aliphatic rings. The van der Waals surface area contributed by atoms with E-state index in [1.807, 2.05) is 6.07 Å². The molecule has 1 aromatic rings. The molecule has 0 aliphatic heterocycles. The van der Waals surface area contributed by atoms with Crippen molar-refractivity contribution in [2.24, 2.45) is 5.92 Å². The lowest BCUT2D eigenvalue weighted by atomic mass is 10.1. The molecule has 0 spiro atoms. The highest BCUT2D eigenvalue weighted by molar-refractivity contribution is 6.31. The summed E-state index contributed by atoms with van der Waals surface area (Å²) in [6.45, 7) is 5.99. The summed E-state index contributed by atoms with van der Waals surface area (Å²) in [4.78, 5) is 0. The molecule has 1 aromatic carbocycles. The smallest absolute Gasteiger partial charge is 0.138 e. The first-order chi connectivity index (χ1) is 8.65. The monoisotopic (exact) mass is 267 g/mol. The van der Waals surface area contributed by atoms with E-state index >= 15 is 0 Å². The number of halogens is 1. The van der Waals surface area contributed by atoms with Gasteiger partial charge in [0, 0.05) is 6.61 Å². The minimum Gasteiger partial charge on any atom is -0.490 e. The fourth-order valence-electron chi connectivity index (χ4n) is 1.36. The van der Waals surface area contributed by atoms with Gasteiger partial charge in [0.25, 0.3) is 0 Å². The lowest BCUT2D eigenvalue weighted by molar-refractivity contribution is 0.0925. The van der Waals surface area contributed by atoms with Crippen molar-refractivity contribution in [2.45, 2.75) is 20.3 Å². The third kappa shape index (κ3) is 4.95. The topological polar surface area (TPSA) is 42.2 Å². The Morgan fingerprint density at radius 2 is 2.06 bits per heavy atom. The lowest BCUT2D eigenvalue weighted by Crippen LogP contribution is -2.09. The molecule has 0 aromatic heterocycles. The van der Waals surface area contributed by atoms with Gasteiger partial charge in [-0.3, -0.25) is 0 Å². The Morgan fingerprint density at radius 3 is 2.72 bits per heavy atom. The number of ether oxygens (including phenoxy) is 2. The first-order valence-electron chi connectivity index (χ1n) is 6.04. The first-order valence-corrected chi connectivity index (χ1v) is 6.42. The Bertz CT molecular complexity index is 413. The van der Waals surface area contributed by atoms with Crippen LogP contribution in [-0.4, -0.2) is 19.8 Å². The molecule has 0 radical (unpaired) electrons. The van der Waals surface area contributed by atoms with Crippen LogP contribution in [0.4, 0.5) is 0 Å². The molecule has 0 saturated carbocycles. The first kappa shape index (κ1) is 14.8. The standard InChI is InChI=1S/C14H18ClNO2/c1-11(2)6-7-17-8-9-18-14-5-3-4-13(15)12(14)10-16/h3-5,11H,6-9H2,1-2H3. The summed E-state index contributed by atoms with van der Waals surface area (Å²) in [5.41, 5.74) is 0.376. The van der Waals surface area contributed by atoms with Gasteiger partial charge in [0.2, 0.25) is 0 Å². The summed E-state index contributed by atoms with van der Waals surface area (Å²) in [6, 6.07) is 7.20. The Labute approximate surface area is 113 Å². The highest BCUT2D eigenvalue weighted by Crippen LogP contribution is 2.25. The predicted octanol–water partition coefficient (Wildman–Crippen LogP) is 3.65. The van der Waals surface area contributed by atoms with E-state index in [1.54, 1.807) is 18.2 Å². The van der Waals surface area contributed by atoms with Crippen LogP contribution in [0.1, 0.15) is 25.8 Å². The summed E-state index contributed by atoms with van der Waals surface area (Å²) < 4.78 is 10.9. The van der Waals surface area contributed by atoms with Crippen LogP contribution in [0.15, 0.2) is 18.2 Å². The maximum absolute atomic E-state index is 8.96. The van der Waals surface area contributed by atoms with Gasteiger partial charge in [0.05, 0.1) is 11.6 Å². The minimum absolute atomic E-state index is 0.376. The summed E-state index contributed by atoms with van der Waals surface area (Å²) in [5, 5.41) is 9.37. The molecule has 0 heterocycles. The molecule has 98 valence electrons. The van der Waals surface area contributed by atoms with E-state index in [9.17, 15) is 0 Å². The molecule has 1 rings (SSSR count). The quantitative estimate of drug-likeness (QED) is 0.708. The van der Waals surface area contributed by atoms with Gasteiger partial charge in [-0.25, -0.2) is 0 Å². The van der Waals surface area contributed by atoms with E-state index in [0.29, 0.717) is 35.5 Å². The Kier molecular flexibility index (Phi) is 6.56. The van der Waals surface area contributed by atoms with E-state index in [-0.39, 0.29) is 0 Å². The molecular formula is C14H18ClNO2. The number of hydrogen-bond acceptors (Lipinski definition) is 3. The van der Waals surface area contributed by atoms with E-state index < -0.39 is 0 Å². The van der Waals surface area contributed by atoms with Crippen LogP contribution in [0.25, 0.3) is 0 Å². The van der Waals surface area contributed by atoms with Gasteiger partial charge in [0.15, 0.2) is 0 Å². The molecule has 18 heavy (non-hydrogen) atoms. The molecule has 3 nitrogen and oxygen atoms in total. The number of hydrogen-bond donors (Lipinski definition) is 0. The third-order valence-electron chi connectivity index (χ3n) is 2.41. The van der Waals surface area contributed by atoms with Crippen molar-refractivity contribution in [3.8, 4) is 11.8 Å². The normalized spacial score (nSPS) is 10.4. The molecule has 0 atom stereocenters. The van der Waals surface area contributed by atoms with Crippen LogP contribution in [0.5, 0.6) is 5.75 Å². The Hall–Kier alpha value is -1.24. The molecular weight excluding hydrogens is 250 g/mol. The van der Waals surface area contributed by atoms with E-state index in [1.165, 1.54) is 0 Å². The highest BCUT2D eigenvalue weighted by Gasteiger charge is 2.06. The second kappa shape index (κ2) is 7.97. The largest absolute Gasteiger partial charge is 0.490 e. The number of benzene rings is 1. The lowest BCUT2D eigenvalue weighted by Gasteiger charge is -2.09. The number of nitrogens with zero attached hydrogens (tertiary/aromatic N) is 1. The van der Waals surface area contributed by atoms with Crippen molar-refractivity contribution in [1.29, 1.82) is 5.26 Å². The van der Waals surface area contributed by atoms with Gasteiger partial charge in [-0.05, 0) is 24.5 Å². The van der Waals surface area contributed by atoms with Gasteiger partial charge in [-0.1, -0.05) is 31.5 Å². The maximum atomic E-state index is 8.96. The predicted molar refractivity (Wildman–Crippen MR) is 71.9 cm³/mol. The summed E-state index contributed by atoms with van der Waals surface area (Å²) in [5.74, 6) is 1.15. The zero-order valence-corrected chi connectivity index (χ0v) is 11.5. The van der Waals surface area contributed by atoms with Crippen LogP contribution in [0.2, 0.25) is 5.02 Å². The molecule has 0 amide bonds. The minimum atomic E-state index is 0.376. The third-order valence-corrected chi connectivity index (χ3v) is 2.73. The number of rotatable bonds is 7. The average molecular weight is 268 g/mol. The van der Waals surface area contributed by atoms with Crippen LogP contribution in [0.3, 0.4) is 0 Å². The van der Waals surface area contributed by atoms with Gasteiger partial charge in [0.1, 0.15) is 24.0 Å². The molecule has 0 bridgehead atoms. The van der Waals surface area contributed by atoms with Crippen LogP contribution < -0.4 is 4.74 Å². The maximum Gasteiger partial charge on any atom is 0.138 e. The van der Waals surface area contributed by atoms with Crippen molar-refractivity contribution in [2.75, 3.05) is 19.8 Å². The van der Waals surface area contributed by atoms with Crippen molar-refractivity contribution < 1.29 is 9.47 Å². The van der Waals surface area contributed by atoms with Crippen LogP contribution >= 0.6 is 11.6 Å². The second-order valence-electron chi connectivity index (χ2n) is 4.37. The molecule has 0 N–H and O–H groups in total. The number of nitriles is 1. The molecule has 4 heteroatoms. The van der Waals surface area contributed by atoms with Crippen molar-refractivity contribution in [3.63, 3.8) is 0 Å². The van der Waals surface area contributed by atoms with Gasteiger partial charge in [-0.2, -0.15) is 5.26 Å². The van der Waals surface area contributed by atoms with E-state index in [2.05, 4.69) is 13.8 Å². The van der Waals surface area contributed by atoms with Gasteiger partial charge >= 0.3 is 0 Å². The fraction of sp³-hybridized carbons (Fsp3) is 0.500. The zero-order chi connectivity index (χ0) is 13.4. The van der Waals surface area contributed by atoms with Crippen molar-refractivity contribution in [3.05, 3.63) is 28.8 Å². The highest BCUT2D eigenvalue weighted by atomic mass is 35.5.